The third-order valence-electron chi connectivity index (χ3n) is 2.30. The number of ether oxygens (including phenoxy) is 1. The Hall–Kier alpha value is -2.24. The van der Waals surface area contributed by atoms with Crippen molar-refractivity contribution in [3.63, 3.8) is 0 Å². The first-order valence-corrected chi connectivity index (χ1v) is 5.55. The van der Waals surface area contributed by atoms with E-state index in [9.17, 15) is 4.79 Å². The Morgan fingerprint density at radius 3 is 3.00 bits per heavy atom. The minimum Gasteiger partial charge on any atom is -0.472 e. The van der Waals surface area contributed by atoms with Crippen LogP contribution >= 0.6 is 0 Å². The molecule has 0 unspecified atom stereocenters. The van der Waals surface area contributed by atoms with Gasteiger partial charge in [-0.25, -0.2) is 4.79 Å². The molecule has 0 atom stereocenters. The summed E-state index contributed by atoms with van der Waals surface area (Å²) in [5.41, 5.74) is 1.17. The van der Waals surface area contributed by atoms with Crippen molar-refractivity contribution in [1.29, 1.82) is 0 Å². The van der Waals surface area contributed by atoms with Crippen LogP contribution in [0.15, 0.2) is 33.7 Å². The molecule has 0 amide bonds. The Morgan fingerprint density at radius 1 is 1.50 bits per heavy atom. The highest BCUT2D eigenvalue weighted by Crippen LogP contribution is 2.15. The van der Waals surface area contributed by atoms with Crippen molar-refractivity contribution in [1.82, 2.24) is 4.98 Å². The third kappa shape index (κ3) is 2.71. The van der Waals surface area contributed by atoms with E-state index in [1.54, 1.807) is 24.3 Å². The third-order valence-corrected chi connectivity index (χ3v) is 2.30. The minimum absolute atomic E-state index is 0.172. The first kappa shape index (κ1) is 12.2. The summed E-state index contributed by atoms with van der Waals surface area (Å²) in [6, 6.07) is 2.21. The summed E-state index contributed by atoms with van der Waals surface area (Å²) in [6.07, 6.45) is 4.54. The van der Waals surface area contributed by atoms with Gasteiger partial charge >= 0.3 is 5.97 Å². The summed E-state index contributed by atoms with van der Waals surface area (Å²) in [6.45, 7) is 2.63. The number of aromatic nitrogens is 1. The molecule has 6 heteroatoms. The van der Waals surface area contributed by atoms with Crippen LogP contribution in [0.4, 0.5) is 6.01 Å². The van der Waals surface area contributed by atoms with Crippen LogP contribution in [0.3, 0.4) is 0 Å². The molecular formula is C12H14N2O4. The first-order chi connectivity index (χ1) is 8.70. The molecule has 96 valence electrons. The van der Waals surface area contributed by atoms with Gasteiger partial charge in [-0.05, 0) is 13.0 Å². The van der Waals surface area contributed by atoms with Crippen LogP contribution in [0, 0.1) is 0 Å². The average molecular weight is 250 g/mol. The van der Waals surface area contributed by atoms with Crippen molar-refractivity contribution >= 4 is 12.0 Å². The molecule has 0 saturated heterocycles. The lowest BCUT2D eigenvalue weighted by Gasteiger charge is -2.12. The molecule has 18 heavy (non-hydrogen) atoms. The Bertz CT molecular complexity index is 504. The zero-order chi connectivity index (χ0) is 13.0. The van der Waals surface area contributed by atoms with Crippen LogP contribution in [0.5, 0.6) is 0 Å². The predicted molar refractivity (Wildman–Crippen MR) is 63.3 cm³/mol. The fourth-order valence-electron chi connectivity index (χ4n) is 1.46. The number of nitrogens with zero attached hydrogens (tertiary/aromatic N) is 2. The maximum Gasteiger partial charge on any atom is 0.360 e. The van der Waals surface area contributed by atoms with E-state index in [4.69, 9.17) is 13.6 Å². The van der Waals surface area contributed by atoms with Crippen molar-refractivity contribution < 1.29 is 18.4 Å². The fourth-order valence-corrected chi connectivity index (χ4v) is 1.46. The van der Waals surface area contributed by atoms with Crippen LogP contribution in [0.25, 0.3) is 0 Å². The molecule has 2 rings (SSSR count). The topological polar surface area (TPSA) is 68.7 Å². The highest BCUT2D eigenvalue weighted by atomic mass is 16.5. The SMILES string of the molecule is CCOC(=O)c1coc(N(C)Cc2ccoc2)n1. The maximum absolute atomic E-state index is 11.4. The Kier molecular flexibility index (Phi) is 3.66. The quantitative estimate of drug-likeness (QED) is 0.757. The Balaban J connectivity index is 2.03. The van der Waals surface area contributed by atoms with Crippen LogP contribution in [0.1, 0.15) is 23.0 Å². The second-order valence-electron chi connectivity index (χ2n) is 3.72. The summed E-state index contributed by atoms with van der Waals surface area (Å²) >= 11 is 0. The standard InChI is InChI=1S/C12H14N2O4/c1-3-17-11(15)10-8-18-12(13-10)14(2)6-9-4-5-16-7-9/h4-5,7-8H,3,6H2,1-2H3. The number of carbonyl (C=O) groups is 1. The normalized spacial score (nSPS) is 10.3. The van der Waals surface area contributed by atoms with E-state index in [1.807, 2.05) is 13.1 Å². The molecule has 0 spiro atoms. The van der Waals surface area contributed by atoms with E-state index >= 15 is 0 Å². The highest BCUT2D eigenvalue weighted by Gasteiger charge is 2.15. The second-order valence-corrected chi connectivity index (χ2v) is 3.72. The van der Waals surface area contributed by atoms with Gasteiger partial charge in [-0.3, -0.25) is 0 Å². The summed E-state index contributed by atoms with van der Waals surface area (Å²) in [5, 5.41) is 0. The maximum atomic E-state index is 11.4. The van der Waals surface area contributed by atoms with Crippen molar-refractivity contribution in [2.45, 2.75) is 13.5 Å². The van der Waals surface area contributed by atoms with Gasteiger partial charge < -0.3 is 18.5 Å². The van der Waals surface area contributed by atoms with Gasteiger partial charge in [0.05, 0.1) is 25.7 Å². The number of anilines is 1. The van der Waals surface area contributed by atoms with Gasteiger partial charge in [-0.2, -0.15) is 4.98 Å². The van der Waals surface area contributed by atoms with Gasteiger partial charge in [-0.1, -0.05) is 0 Å². The average Bonchev–Trinajstić information content (AvgIpc) is 2.99. The lowest BCUT2D eigenvalue weighted by molar-refractivity contribution is 0.0519. The zero-order valence-electron chi connectivity index (χ0n) is 10.3. The predicted octanol–water partition coefficient (Wildman–Crippen LogP) is 2.08. The van der Waals surface area contributed by atoms with Crippen LogP contribution in [0.2, 0.25) is 0 Å². The Morgan fingerprint density at radius 2 is 2.33 bits per heavy atom. The van der Waals surface area contributed by atoms with Crippen LogP contribution < -0.4 is 4.90 Å². The molecule has 2 aromatic rings. The number of furan rings is 1. The molecule has 2 heterocycles. The number of hydrogen-bond donors (Lipinski definition) is 0. The van der Waals surface area contributed by atoms with Gasteiger partial charge in [-0.15, -0.1) is 0 Å². The molecule has 0 aromatic carbocycles. The summed E-state index contributed by atoms with van der Waals surface area (Å²) in [7, 11) is 1.81. The lowest BCUT2D eigenvalue weighted by Crippen LogP contribution is -2.16. The fraction of sp³-hybridized carbons (Fsp3) is 0.333. The van der Waals surface area contributed by atoms with Crippen molar-refractivity contribution in [2.24, 2.45) is 0 Å². The first-order valence-electron chi connectivity index (χ1n) is 5.55. The minimum atomic E-state index is -0.482. The number of hydrogen-bond acceptors (Lipinski definition) is 6. The van der Waals surface area contributed by atoms with E-state index in [0.717, 1.165) is 5.56 Å². The zero-order valence-corrected chi connectivity index (χ0v) is 10.3. The van der Waals surface area contributed by atoms with Gasteiger partial charge in [0.1, 0.15) is 6.26 Å². The molecule has 0 aliphatic heterocycles. The Labute approximate surface area is 104 Å². The van der Waals surface area contributed by atoms with E-state index < -0.39 is 5.97 Å². The smallest absolute Gasteiger partial charge is 0.360 e. The van der Waals surface area contributed by atoms with Crippen LogP contribution in [-0.2, 0) is 11.3 Å². The largest absolute Gasteiger partial charge is 0.472 e. The van der Waals surface area contributed by atoms with Gasteiger partial charge in [0.2, 0.25) is 0 Å². The van der Waals surface area contributed by atoms with E-state index in [1.165, 1.54) is 6.26 Å². The highest BCUT2D eigenvalue weighted by molar-refractivity contribution is 5.87. The lowest BCUT2D eigenvalue weighted by atomic mass is 10.3. The second kappa shape index (κ2) is 5.39. The van der Waals surface area contributed by atoms with Crippen molar-refractivity contribution in [3.05, 3.63) is 36.1 Å². The molecule has 0 aliphatic carbocycles. The molecule has 6 nitrogen and oxygen atoms in total. The molecule has 0 radical (unpaired) electrons. The molecule has 0 fully saturated rings. The van der Waals surface area contributed by atoms with E-state index in [2.05, 4.69) is 4.98 Å². The van der Waals surface area contributed by atoms with E-state index in [0.29, 0.717) is 19.2 Å². The van der Waals surface area contributed by atoms with Crippen molar-refractivity contribution in [2.75, 3.05) is 18.6 Å². The van der Waals surface area contributed by atoms with Gasteiger partial charge in [0.15, 0.2) is 5.69 Å². The molecule has 2 aromatic heterocycles. The number of esters is 1. The number of rotatable bonds is 5. The summed E-state index contributed by atoms with van der Waals surface area (Å²) in [5.74, 6) is -0.482. The van der Waals surface area contributed by atoms with Gasteiger partial charge in [0, 0.05) is 12.6 Å². The molecule has 0 aliphatic rings. The van der Waals surface area contributed by atoms with Crippen LogP contribution in [-0.4, -0.2) is 24.6 Å². The molecular weight excluding hydrogens is 236 g/mol. The molecule has 0 N–H and O–H groups in total. The van der Waals surface area contributed by atoms with E-state index in [-0.39, 0.29) is 5.69 Å². The number of oxazole rings is 1. The summed E-state index contributed by atoms with van der Waals surface area (Å²) < 4.78 is 15.0. The molecule has 0 saturated carbocycles. The van der Waals surface area contributed by atoms with Crippen molar-refractivity contribution in [3.8, 4) is 0 Å². The van der Waals surface area contributed by atoms with Gasteiger partial charge in [0.25, 0.3) is 6.01 Å². The molecule has 0 bridgehead atoms. The monoisotopic (exact) mass is 250 g/mol. The number of carbonyl (C=O) groups excluding carboxylic acids is 1. The summed E-state index contributed by atoms with van der Waals surface area (Å²) in [4.78, 5) is 17.3.